The molecule has 0 radical (unpaired) electrons. The highest BCUT2D eigenvalue weighted by Gasteiger charge is 2.42. The van der Waals surface area contributed by atoms with E-state index in [2.05, 4.69) is 27.1 Å². The van der Waals surface area contributed by atoms with Crippen molar-refractivity contribution in [3.8, 4) is 0 Å². The van der Waals surface area contributed by atoms with Crippen LogP contribution in [0.2, 0.25) is 0 Å². The molecule has 2 aliphatic heterocycles. The molecule has 31 heavy (non-hydrogen) atoms. The summed E-state index contributed by atoms with van der Waals surface area (Å²) in [4.78, 5) is 47.0. The summed E-state index contributed by atoms with van der Waals surface area (Å²) in [5, 5.41) is 2.58. The Morgan fingerprint density at radius 1 is 1.23 bits per heavy atom. The molecule has 1 atom stereocenters. The third-order valence-electron chi connectivity index (χ3n) is 5.45. The molecule has 10 heteroatoms. The molecule has 0 bridgehead atoms. The zero-order valence-electron chi connectivity index (χ0n) is 18.2. The van der Waals surface area contributed by atoms with Crippen molar-refractivity contribution in [3.05, 3.63) is 24.0 Å². The number of hydrogen-bond acceptors (Lipinski definition) is 8. The minimum atomic E-state index is -0.984. The standard InChI is InChI=1S/C21H27N5O5/c1-21(2,3)19(28)30-12-26-18(27)17(23-20(26)29)15-11-13-14(31-15)5-6-16(22-13)25-9-7-24(4)8-10-25/h5-6,11,17H,7-10,12H2,1-4H3,(H,23,29)/t17-/m0/s1. The van der Waals surface area contributed by atoms with Crippen LogP contribution in [-0.2, 0) is 14.3 Å². The van der Waals surface area contributed by atoms with Crippen LogP contribution in [0.25, 0.3) is 11.1 Å². The first-order valence-corrected chi connectivity index (χ1v) is 10.3. The van der Waals surface area contributed by atoms with Crippen LogP contribution in [0.3, 0.4) is 0 Å². The van der Waals surface area contributed by atoms with Crippen molar-refractivity contribution in [2.45, 2.75) is 26.8 Å². The van der Waals surface area contributed by atoms with E-state index in [1.165, 1.54) is 0 Å². The van der Waals surface area contributed by atoms with Gasteiger partial charge in [0.15, 0.2) is 18.4 Å². The van der Waals surface area contributed by atoms with Crippen molar-refractivity contribution in [1.29, 1.82) is 0 Å². The molecule has 10 nitrogen and oxygen atoms in total. The number of rotatable bonds is 4. The van der Waals surface area contributed by atoms with Gasteiger partial charge in [-0.1, -0.05) is 0 Å². The number of pyridine rings is 1. The van der Waals surface area contributed by atoms with Gasteiger partial charge in [-0.05, 0) is 40.0 Å². The molecular formula is C21H27N5O5. The number of piperazine rings is 1. The number of esters is 1. The summed E-state index contributed by atoms with van der Waals surface area (Å²) in [5.41, 5.74) is 0.420. The van der Waals surface area contributed by atoms with Crippen molar-refractivity contribution in [2.24, 2.45) is 5.41 Å². The summed E-state index contributed by atoms with van der Waals surface area (Å²) < 4.78 is 10.9. The number of urea groups is 1. The molecule has 2 fully saturated rings. The maximum Gasteiger partial charge on any atom is 0.327 e. The van der Waals surface area contributed by atoms with E-state index in [0.717, 1.165) is 36.9 Å². The van der Waals surface area contributed by atoms with E-state index in [4.69, 9.17) is 9.15 Å². The third kappa shape index (κ3) is 4.20. The number of ether oxygens (including phenoxy) is 1. The maximum atomic E-state index is 12.8. The Labute approximate surface area is 180 Å². The third-order valence-corrected chi connectivity index (χ3v) is 5.45. The molecule has 3 amide bonds. The van der Waals surface area contributed by atoms with Gasteiger partial charge in [-0.15, -0.1) is 0 Å². The van der Waals surface area contributed by atoms with E-state index in [1.54, 1.807) is 26.8 Å². The molecule has 166 valence electrons. The smallest absolute Gasteiger partial charge is 0.327 e. The Morgan fingerprint density at radius 3 is 2.61 bits per heavy atom. The first-order chi connectivity index (χ1) is 14.6. The fourth-order valence-electron chi connectivity index (χ4n) is 3.46. The molecule has 0 aliphatic carbocycles. The zero-order valence-corrected chi connectivity index (χ0v) is 18.2. The lowest BCUT2D eigenvalue weighted by molar-refractivity contribution is -0.158. The first kappa shape index (κ1) is 21.1. The van der Waals surface area contributed by atoms with Crippen LogP contribution in [0.4, 0.5) is 10.6 Å². The highest BCUT2D eigenvalue weighted by Crippen LogP contribution is 2.29. The van der Waals surface area contributed by atoms with Crippen LogP contribution >= 0.6 is 0 Å². The van der Waals surface area contributed by atoms with Gasteiger partial charge in [0, 0.05) is 32.2 Å². The van der Waals surface area contributed by atoms with Crippen LogP contribution in [0, 0.1) is 5.41 Å². The Bertz CT molecular complexity index is 1020. The number of nitrogens with one attached hydrogen (secondary N) is 1. The maximum absolute atomic E-state index is 12.8. The number of nitrogens with zero attached hydrogens (tertiary/aromatic N) is 4. The first-order valence-electron chi connectivity index (χ1n) is 10.3. The number of fused-ring (bicyclic) bond motifs is 1. The van der Waals surface area contributed by atoms with Crippen LogP contribution in [0.15, 0.2) is 22.6 Å². The van der Waals surface area contributed by atoms with Gasteiger partial charge in [0.25, 0.3) is 5.91 Å². The predicted octanol–water partition coefficient (Wildman–Crippen LogP) is 1.72. The van der Waals surface area contributed by atoms with Crippen LogP contribution in [-0.4, -0.2) is 72.6 Å². The summed E-state index contributed by atoms with van der Waals surface area (Å²) in [6, 6.07) is 3.77. The zero-order chi connectivity index (χ0) is 22.3. The van der Waals surface area contributed by atoms with E-state index >= 15 is 0 Å². The minimum absolute atomic E-state index is 0.293. The highest BCUT2D eigenvalue weighted by atomic mass is 16.5. The van der Waals surface area contributed by atoms with Crippen LogP contribution < -0.4 is 10.2 Å². The molecular weight excluding hydrogens is 402 g/mol. The average Bonchev–Trinajstić information content (AvgIpc) is 3.26. The second-order valence-corrected chi connectivity index (χ2v) is 8.95. The molecule has 2 saturated heterocycles. The Kier molecular flexibility index (Phi) is 5.34. The molecule has 1 N–H and O–H groups in total. The van der Waals surface area contributed by atoms with Crippen molar-refractivity contribution in [3.63, 3.8) is 0 Å². The number of carbonyl (C=O) groups excluding carboxylic acids is 3. The van der Waals surface area contributed by atoms with Gasteiger partial charge in [-0.3, -0.25) is 9.59 Å². The quantitative estimate of drug-likeness (QED) is 0.578. The van der Waals surface area contributed by atoms with Gasteiger partial charge in [0.05, 0.1) is 5.41 Å². The van der Waals surface area contributed by atoms with Gasteiger partial charge in [-0.25, -0.2) is 14.7 Å². The van der Waals surface area contributed by atoms with Gasteiger partial charge in [-0.2, -0.15) is 0 Å². The molecule has 4 heterocycles. The van der Waals surface area contributed by atoms with E-state index in [-0.39, 0.29) is 0 Å². The normalized spacial score (nSPS) is 20.5. The molecule has 2 aromatic heterocycles. The topological polar surface area (TPSA) is 108 Å². The van der Waals surface area contributed by atoms with E-state index in [9.17, 15) is 14.4 Å². The number of carbonyl (C=O) groups is 3. The van der Waals surface area contributed by atoms with Crippen molar-refractivity contribution < 1.29 is 23.5 Å². The van der Waals surface area contributed by atoms with E-state index in [1.807, 2.05) is 12.1 Å². The number of likely N-dealkylation sites (N-methyl/N-ethyl adjacent to an activating group) is 1. The fraction of sp³-hybridized carbons (Fsp3) is 0.524. The molecule has 4 rings (SSSR count). The van der Waals surface area contributed by atoms with Crippen molar-refractivity contribution in [2.75, 3.05) is 44.9 Å². The predicted molar refractivity (Wildman–Crippen MR) is 112 cm³/mol. The number of imide groups is 1. The van der Waals surface area contributed by atoms with Crippen molar-refractivity contribution >= 4 is 34.8 Å². The number of anilines is 1. The Morgan fingerprint density at radius 2 is 1.94 bits per heavy atom. The van der Waals surface area contributed by atoms with Gasteiger partial charge < -0.3 is 24.3 Å². The van der Waals surface area contributed by atoms with Gasteiger partial charge >= 0.3 is 12.0 Å². The molecule has 0 spiro atoms. The number of amides is 3. The highest BCUT2D eigenvalue weighted by molar-refractivity contribution is 6.04. The molecule has 0 aromatic carbocycles. The minimum Gasteiger partial charge on any atom is -0.457 e. The van der Waals surface area contributed by atoms with E-state index < -0.39 is 36.1 Å². The number of aromatic nitrogens is 1. The van der Waals surface area contributed by atoms with Gasteiger partial charge in [0.1, 0.15) is 17.1 Å². The largest absolute Gasteiger partial charge is 0.457 e. The van der Waals surface area contributed by atoms with Crippen molar-refractivity contribution in [1.82, 2.24) is 20.1 Å². The second-order valence-electron chi connectivity index (χ2n) is 8.95. The summed E-state index contributed by atoms with van der Waals surface area (Å²) >= 11 is 0. The van der Waals surface area contributed by atoms with Gasteiger partial charge in [0.2, 0.25) is 0 Å². The summed E-state index contributed by atoms with van der Waals surface area (Å²) in [5.74, 6) is 0.109. The molecule has 2 aliphatic rings. The summed E-state index contributed by atoms with van der Waals surface area (Å²) in [7, 11) is 2.09. The molecule has 0 saturated carbocycles. The van der Waals surface area contributed by atoms with E-state index in [0.29, 0.717) is 16.9 Å². The fourth-order valence-corrected chi connectivity index (χ4v) is 3.46. The monoisotopic (exact) mass is 429 g/mol. The Hall–Kier alpha value is -3.14. The number of hydrogen-bond donors (Lipinski definition) is 1. The lowest BCUT2D eigenvalue weighted by atomic mass is 9.98. The van der Waals surface area contributed by atoms with Crippen LogP contribution in [0.5, 0.6) is 0 Å². The lowest BCUT2D eigenvalue weighted by Gasteiger charge is -2.33. The summed E-state index contributed by atoms with van der Waals surface area (Å²) in [6.07, 6.45) is 0. The number of furan rings is 1. The van der Waals surface area contributed by atoms with Crippen LogP contribution in [0.1, 0.15) is 32.6 Å². The Balaban J connectivity index is 1.49. The SMILES string of the molecule is CN1CCN(c2ccc3oc([C@@H]4NC(=O)N(COC(=O)C(C)(C)C)C4=O)cc3n2)CC1. The molecule has 0 unspecified atom stereocenters. The molecule has 2 aromatic rings. The average molecular weight is 429 g/mol. The second kappa shape index (κ2) is 7.84. The lowest BCUT2D eigenvalue weighted by Crippen LogP contribution is -2.44. The summed E-state index contributed by atoms with van der Waals surface area (Å²) in [6.45, 7) is 8.36.